The summed E-state index contributed by atoms with van der Waals surface area (Å²) in [6, 6.07) is 3.57. The number of carbonyl (C=O) groups is 1. The molecular formula is C13H16BrNO3. The number of aliphatic hydroxyl groups is 1. The van der Waals surface area contributed by atoms with Crippen LogP contribution in [0.1, 0.15) is 18.6 Å². The molecule has 1 aromatic heterocycles. The molecule has 4 nitrogen and oxygen atoms in total. The first-order chi connectivity index (χ1) is 8.54. The Kier molecular flexibility index (Phi) is 4.24. The lowest BCUT2D eigenvalue weighted by atomic mass is 9.82. The zero-order valence-electron chi connectivity index (χ0n) is 10.2. The smallest absolute Gasteiger partial charge is 0.246 e. The van der Waals surface area contributed by atoms with Gasteiger partial charge in [0, 0.05) is 19.7 Å². The second-order valence-electron chi connectivity index (χ2n) is 4.69. The number of amides is 1. The van der Waals surface area contributed by atoms with Gasteiger partial charge in [-0.05, 0) is 52.9 Å². The molecule has 1 aliphatic rings. The van der Waals surface area contributed by atoms with Crippen molar-refractivity contribution in [3.63, 3.8) is 0 Å². The third kappa shape index (κ3) is 3.46. The average Bonchev–Trinajstić information content (AvgIpc) is 2.69. The Bertz CT molecular complexity index is 449. The number of nitrogens with zero attached hydrogens (tertiary/aromatic N) is 1. The van der Waals surface area contributed by atoms with Gasteiger partial charge in [-0.15, -0.1) is 0 Å². The first kappa shape index (κ1) is 13.4. The fourth-order valence-corrected chi connectivity index (χ4v) is 2.34. The number of carbonyl (C=O) groups excluding carboxylic acids is 1. The summed E-state index contributed by atoms with van der Waals surface area (Å²) < 4.78 is 5.91. The number of likely N-dealkylation sites (N-methyl/N-ethyl adjacent to an activating group) is 1. The van der Waals surface area contributed by atoms with Crippen LogP contribution in [0.15, 0.2) is 27.3 Å². The Morgan fingerprint density at radius 2 is 2.33 bits per heavy atom. The van der Waals surface area contributed by atoms with E-state index >= 15 is 0 Å². The third-order valence-electron chi connectivity index (χ3n) is 3.10. The van der Waals surface area contributed by atoms with Crippen molar-refractivity contribution >= 4 is 27.9 Å². The fraction of sp³-hybridized carbons (Fsp3) is 0.462. The van der Waals surface area contributed by atoms with Crippen molar-refractivity contribution in [2.45, 2.75) is 18.9 Å². The van der Waals surface area contributed by atoms with Gasteiger partial charge in [-0.3, -0.25) is 4.79 Å². The van der Waals surface area contributed by atoms with Crippen LogP contribution in [0.5, 0.6) is 0 Å². The van der Waals surface area contributed by atoms with Gasteiger partial charge in [0.1, 0.15) is 5.76 Å². The van der Waals surface area contributed by atoms with Gasteiger partial charge in [0.2, 0.25) is 5.91 Å². The molecular weight excluding hydrogens is 298 g/mol. The van der Waals surface area contributed by atoms with Crippen molar-refractivity contribution in [3.8, 4) is 0 Å². The van der Waals surface area contributed by atoms with E-state index in [0.29, 0.717) is 22.9 Å². The van der Waals surface area contributed by atoms with Gasteiger partial charge in [0.25, 0.3) is 0 Å². The average molecular weight is 314 g/mol. The van der Waals surface area contributed by atoms with Gasteiger partial charge < -0.3 is 14.4 Å². The number of aliphatic hydroxyl groups excluding tert-OH is 1. The van der Waals surface area contributed by atoms with Crippen molar-refractivity contribution in [3.05, 3.63) is 28.6 Å². The second-order valence-corrected chi connectivity index (χ2v) is 5.47. The van der Waals surface area contributed by atoms with Crippen LogP contribution in [-0.4, -0.2) is 35.6 Å². The Hall–Kier alpha value is -1.07. The van der Waals surface area contributed by atoms with Crippen LogP contribution in [0, 0.1) is 5.92 Å². The van der Waals surface area contributed by atoms with Gasteiger partial charge in [0.15, 0.2) is 4.67 Å². The molecule has 2 rings (SSSR count). The summed E-state index contributed by atoms with van der Waals surface area (Å²) in [5.74, 6) is 1.02. The number of halogens is 1. The molecule has 1 saturated carbocycles. The maximum absolute atomic E-state index is 11.8. The number of rotatable bonds is 4. The summed E-state index contributed by atoms with van der Waals surface area (Å²) in [5.41, 5.74) is 0. The predicted molar refractivity (Wildman–Crippen MR) is 71.8 cm³/mol. The van der Waals surface area contributed by atoms with Gasteiger partial charge >= 0.3 is 0 Å². The summed E-state index contributed by atoms with van der Waals surface area (Å²) in [4.78, 5) is 13.5. The van der Waals surface area contributed by atoms with Gasteiger partial charge in [-0.25, -0.2) is 0 Å². The molecule has 1 aromatic rings. The minimum absolute atomic E-state index is 0.0519. The van der Waals surface area contributed by atoms with E-state index in [2.05, 4.69) is 15.9 Å². The minimum atomic E-state index is -0.172. The van der Waals surface area contributed by atoms with Gasteiger partial charge in [-0.2, -0.15) is 0 Å². The van der Waals surface area contributed by atoms with E-state index < -0.39 is 0 Å². The summed E-state index contributed by atoms with van der Waals surface area (Å²) in [5, 5.41) is 9.19. The Morgan fingerprint density at radius 1 is 1.61 bits per heavy atom. The standard InChI is InChI=1S/C13H16BrNO3/c1-15(8-9-6-10(16)7-9)13(17)5-3-11-2-4-12(14)18-11/h2-5,9-10,16H,6-8H2,1H3. The number of furan rings is 1. The third-order valence-corrected chi connectivity index (χ3v) is 3.53. The molecule has 18 heavy (non-hydrogen) atoms. The molecule has 5 heteroatoms. The summed E-state index contributed by atoms with van der Waals surface area (Å²) in [6.45, 7) is 0.697. The largest absolute Gasteiger partial charge is 0.450 e. The van der Waals surface area contributed by atoms with Gasteiger partial charge in [0.05, 0.1) is 6.10 Å². The molecule has 1 fully saturated rings. The molecule has 0 spiro atoms. The van der Waals surface area contributed by atoms with Crippen LogP contribution in [0.25, 0.3) is 6.08 Å². The number of hydrogen-bond acceptors (Lipinski definition) is 3. The van der Waals surface area contributed by atoms with Crippen LogP contribution in [0.3, 0.4) is 0 Å². The second kappa shape index (κ2) is 5.71. The molecule has 1 N–H and O–H groups in total. The minimum Gasteiger partial charge on any atom is -0.450 e. The highest BCUT2D eigenvalue weighted by Crippen LogP contribution is 2.27. The van der Waals surface area contributed by atoms with E-state index in [0.717, 1.165) is 12.8 Å². The normalized spacial score (nSPS) is 23.1. The summed E-state index contributed by atoms with van der Waals surface area (Å²) >= 11 is 3.20. The molecule has 1 heterocycles. The maximum Gasteiger partial charge on any atom is 0.246 e. The molecule has 98 valence electrons. The predicted octanol–water partition coefficient (Wildman–Crippen LogP) is 2.28. The topological polar surface area (TPSA) is 53.7 Å². The molecule has 0 bridgehead atoms. The molecule has 0 saturated heterocycles. The highest BCUT2D eigenvalue weighted by molar-refractivity contribution is 9.10. The van der Waals surface area contributed by atoms with E-state index in [1.165, 1.54) is 6.08 Å². The van der Waals surface area contributed by atoms with E-state index in [1.54, 1.807) is 30.2 Å². The van der Waals surface area contributed by atoms with Crippen molar-refractivity contribution < 1.29 is 14.3 Å². The van der Waals surface area contributed by atoms with Crippen molar-refractivity contribution in [1.29, 1.82) is 0 Å². The molecule has 0 radical (unpaired) electrons. The van der Waals surface area contributed by atoms with Crippen molar-refractivity contribution in [2.75, 3.05) is 13.6 Å². The van der Waals surface area contributed by atoms with E-state index in [1.807, 2.05) is 0 Å². The SMILES string of the molecule is CN(CC1CC(O)C1)C(=O)C=Cc1ccc(Br)o1. The zero-order valence-corrected chi connectivity index (χ0v) is 11.8. The molecule has 0 atom stereocenters. The lowest BCUT2D eigenvalue weighted by molar-refractivity contribution is -0.126. The molecule has 0 aromatic carbocycles. The quantitative estimate of drug-likeness (QED) is 0.868. The van der Waals surface area contributed by atoms with Crippen molar-refractivity contribution in [2.24, 2.45) is 5.92 Å². The van der Waals surface area contributed by atoms with Crippen LogP contribution < -0.4 is 0 Å². The Balaban J connectivity index is 1.81. The Labute approximate surface area is 114 Å². The molecule has 0 aliphatic heterocycles. The molecule has 1 aliphatic carbocycles. The van der Waals surface area contributed by atoms with Crippen LogP contribution in [0.2, 0.25) is 0 Å². The monoisotopic (exact) mass is 313 g/mol. The van der Waals surface area contributed by atoms with E-state index in [4.69, 9.17) is 4.42 Å². The molecule has 0 unspecified atom stereocenters. The van der Waals surface area contributed by atoms with Crippen molar-refractivity contribution in [1.82, 2.24) is 4.90 Å². The highest BCUT2D eigenvalue weighted by atomic mass is 79.9. The Morgan fingerprint density at radius 3 is 2.89 bits per heavy atom. The number of hydrogen-bond donors (Lipinski definition) is 1. The van der Waals surface area contributed by atoms with Crippen LogP contribution in [0.4, 0.5) is 0 Å². The zero-order chi connectivity index (χ0) is 13.1. The maximum atomic E-state index is 11.8. The lowest BCUT2D eigenvalue weighted by Crippen LogP contribution is -2.38. The van der Waals surface area contributed by atoms with E-state index in [-0.39, 0.29) is 12.0 Å². The fourth-order valence-electron chi connectivity index (χ4n) is 2.03. The lowest BCUT2D eigenvalue weighted by Gasteiger charge is -2.34. The van der Waals surface area contributed by atoms with E-state index in [9.17, 15) is 9.90 Å². The van der Waals surface area contributed by atoms with Gasteiger partial charge in [-0.1, -0.05) is 0 Å². The molecule has 1 amide bonds. The summed E-state index contributed by atoms with van der Waals surface area (Å²) in [6.07, 6.45) is 4.58. The first-order valence-electron chi connectivity index (χ1n) is 5.91. The first-order valence-corrected chi connectivity index (χ1v) is 6.70. The van der Waals surface area contributed by atoms with Crippen LogP contribution >= 0.6 is 15.9 Å². The van der Waals surface area contributed by atoms with Crippen LogP contribution in [-0.2, 0) is 4.79 Å². The summed E-state index contributed by atoms with van der Waals surface area (Å²) in [7, 11) is 1.77. The highest BCUT2D eigenvalue weighted by Gasteiger charge is 2.28.